The van der Waals surface area contributed by atoms with Crippen LogP contribution in [0.2, 0.25) is 0 Å². The van der Waals surface area contributed by atoms with Crippen LogP contribution < -0.4 is 10.2 Å². The molecule has 1 saturated heterocycles. The van der Waals surface area contributed by atoms with E-state index in [-0.39, 0.29) is 5.91 Å². The summed E-state index contributed by atoms with van der Waals surface area (Å²) < 4.78 is 2.09. The quantitative estimate of drug-likeness (QED) is 0.467. The maximum Gasteiger partial charge on any atom is 0.220 e. The Bertz CT molecular complexity index is 1260. The minimum Gasteiger partial charge on any atom is -0.353 e. The number of amides is 1. The van der Waals surface area contributed by atoms with Crippen LogP contribution in [0.5, 0.6) is 0 Å². The molecule has 0 aliphatic carbocycles. The lowest BCUT2D eigenvalue weighted by atomic mass is 10.1. The van der Waals surface area contributed by atoms with E-state index >= 15 is 0 Å². The second-order valence-corrected chi connectivity index (χ2v) is 8.69. The number of aryl methyl sites for hydroxylation is 2. The molecule has 1 fully saturated rings. The molecule has 0 radical (unpaired) electrons. The molecule has 1 amide bonds. The number of aromatic nitrogens is 4. The van der Waals surface area contributed by atoms with Crippen LogP contribution >= 0.6 is 0 Å². The van der Waals surface area contributed by atoms with Gasteiger partial charge in [-0.3, -0.25) is 9.20 Å². The van der Waals surface area contributed by atoms with E-state index in [1.54, 1.807) is 0 Å². The number of anilines is 1. The van der Waals surface area contributed by atoms with Crippen LogP contribution in [0.15, 0.2) is 48.5 Å². The number of nitrogens with one attached hydrogen (secondary N) is 1. The van der Waals surface area contributed by atoms with Crippen molar-refractivity contribution >= 4 is 28.4 Å². The summed E-state index contributed by atoms with van der Waals surface area (Å²) in [5, 5.41) is 12.0. The first kappa shape index (κ1) is 21.4. The number of carbonyl (C=O) groups excluding carboxylic acids is 1. The van der Waals surface area contributed by atoms with Crippen molar-refractivity contribution in [1.29, 1.82) is 0 Å². The number of rotatable bonds is 7. The summed E-state index contributed by atoms with van der Waals surface area (Å²) in [4.78, 5) is 19.8. The van der Waals surface area contributed by atoms with Crippen molar-refractivity contribution in [1.82, 2.24) is 24.9 Å². The maximum absolute atomic E-state index is 12.6. The Kier molecular flexibility index (Phi) is 6.19. The first-order chi connectivity index (χ1) is 16.2. The lowest BCUT2D eigenvalue weighted by Gasteiger charge is -2.28. The molecule has 0 bridgehead atoms. The molecular formula is C26H30N6O. The van der Waals surface area contributed by atoms with E-state index in [2.05, 4.69) is 56.0 Å². The van der Waals surface area contributed by atoms with Gasteiger partial charge in [-0.1, -0.05) is 43.3 Å². The Morgan fingerprint density at radius 2 is 1.73 bits per heavy atom. The average molecular weight is 443 g/mol. The van der Waals surface area contributed by atoms with E-state index in [1.165, 1.54) is 24.8 Å². The van der Waals surface area contributed by atoms with Crippen LogP contribution in [0.3, 0.4) is 0 Å². The van der Waals surface area contributed by atoms with E-state index in [1.807, 2.05) is 24.3 Å². The number of nitrogens with zero attached hydrogens (tertiary/aromatic N) is 5. The van der Waals surface area contributed by atoms with Crippen LogP contribution in [0.25, 0.3) is 16.7 Å². The molecule has 1 aliphatic rings. The number of benzene rings is 2. The molecule has 4 aromatic rings. The molecule has 0 atom stereocenters. The molecule has 3 heterocycles. The van der Waals surface area contributed by atoms with E-state index in [9.17, 15) is 4.79 Å². The molecule has 0 spiro atoms. The molecule has 1 aliphatic heterocycles. The number of hydrogen-bond donors (Lipinski definition) is 1. The topological polar surface area (TPSA) is 75.4 Å². The van der Waals surface area contributed by atoms with Crippen LogP contribution in [0.4, 0.5) is 5.82 Å². The fraction of sp³-hybridized carbons (Fsp3) is 0.385. The minimum atomic E-state index is 0.0148. The van der Waals surface area contributed by atoms with Crippen molar-refractivity contribution in [3.8, 4) is 0 Å². The lowest BCUT2D eigenvalue weighted by molar-refractivity contribution is -0.121. The molecule has 33 heavy (non-hydrogen) atoms. The van der Waals surface area contributed by atoms with Crippen molar-refractivity contribution in [3.63, 3.8) is 0 Å². The smallest absolute Gasteiger partial charge is 0.220 e. The van der Waals surface area contributed by atoms with Gasteiger partial charge in [0.15, 0.2) is 5.82 Å². The molecule has 2 aromatic heterocycles. The largest absolute Gasteiger partial charge is 0.353 e. The van der Waals surface area contributed by atoms with Gasteiger partial charge in [0.25, 0.3) is 0 Å². The van der Waals surface area contributed by atoms with E-state index in [0.717, 1.165) is 53.4 Å². The second kappa shape index (κ2) is 9.57. The summed E-state index contributed by atoms with van der Waals surface area (Å²) in [5.74, 6) is 1.71. The molecular weight excluding hydrogens is 412 g/mol. The minimum absolute atomic E-state index is 0.0148. The third-order valence-corrected chi connectivity index (χ3v) is 6.43. The van der Waals surface area contributed by atoms with Crippen LogP contribution in [0, 0.1) is 0 Å². The van der Waals surface area contributed by atoms with Crippen molar-refractivity contribution < 1.29 is 4.79 Å². The van der Waals surface area contributed by atoms with Gasteiger partial charge in [-0.25, -0.2) is 4.98 Å². The summed E-state index contributed by atoms with van der Waals surface area (Å²) in [7, 11) is 0. The van der Waals surface area contributed by atoms with Crippen molar-refractivity contribution in [2.45, 2.75) is 52.0 Å². The van der Waals surface area contributed by atoms with Crippen molar-refractivity contribution in [3.05, 3.63) is 65.5 Å². The predicted molar refractivity (Wildman–Crippen MR) is 130 cm³/mol. The highest BCUT2D eigenvalue weighted by Crippen LogP contribution is 2.27. The molecule has 7 heteroatoms. The highest BCUT2D eigenvalue weighted by Gasteiger charge is 2.21. The Hall–Kier alpha value is -3.48. The summed E-state index contributed by atoms with van der Waals surface area (Å²) in [5.41, 5.74) is 5.09. The third kappa shape index (κ3) is 4.53. The molecule has 7 nitrogen and oxygen atoms in total. The first-order valence-corrected chi connectivity index (χ1v) is 11.9. The van der Waals surface area contributed by atoms with E-state index in [0.29, 0.717) is 19.4 Å². The van der Waals surface area contributed by atoms with E-state index in [4.69, 9.17) is 4.98 Å². The zero-order valence-corrected chi connectivity index (χ0v) is 19.1. The first-order valence-electron chi connectivity index (χ1n) is 11.9. The van der Waals surface area contributed by atoms with Gasteiger partial charge < -0.3 is 10.2 Å². The molecule has 2 aromatic carbocycles. The standard InChI is InChI=1S/C26H30N6O/c1-2-19-10-12-20(13-11-19)18-27-24(33)15-14-23-29-30-26-25(31-16-6-3-7-17-31)28-21-8-4-5-9-22(21)32(23)26/h4-5,8-13H,2-3,6-7,14-18H2,1H3,(H,27,33). The van der Waals surface area contributed by atoms with E-state index < -0.39 is 0 Å². The fourth-order valence-corrected chi connectivity index (χ4v) is 4.51. The molecule has 0 saturated carbocycles. The summed E-state index contributed by atoms with van der Waals surface area (Å²) in [6, 6.07) is 16.5. The number of para-hydroxylation sites is 2. The van der Waals surface area contributed by atoms with Gasteiger partial charge in [0.05, 0.1) is 11.0 Å². The number of hydrogen-bond acceptors (Lipinski definition) is 5. The zero-order chi connectivity index (χ0) is 22.6. The van der Waals surface area contributed by atoms with Crippen LogP contribution in [0.1, 0.15) is 49.6 Å². The molecule has 1 N–H and O–H groups in total. The maximum atomic E-state index is 12.6. The second-order valence-electron chi connectivity index (χ2n) is 8.69. The van der Waals surface area contributed by atoms with Crippen molar-refractivity contribution in [2.75, 3.05) is 18.0 Å². The Morgan fingerprint density at radius 1 is 0.970 bits per heavy atom. The normalized spacial score (nSPS) is 14.2. The Labute approximate surface area is 193 Å². The van der Waals surface area contributed by atoms with Gasteiger partial charge in [0.1, 0.15) is 5.82 Å². The number of piperidine rings is 1. The number of carbonyl (C=O) groups is 1. The highest BCUT2D eigenvalue weighted by atomic mass is 16.1. The zero-order valence-electron chi connectivity index (χ0n) is 19.1. The van der Waals surface area contributed by atoms with Gasteiger partial charge >= 0.3 is 0 Å². The summed E-state index contributed by atoms with van der Waals surface area (Å²) in [6.07, 6.45) is 5.50. The monoisotopic (exact) mass is 442 g/mol. The summed E-state index contributed by atoms with van der Waals surface area (Å²) >= 11 is 0. The van der Waals surface area contributed by atoms with Gasteiger partial charge in [-0.05, 0) is 48.9 Å². The average Bonchev–Trinajstić information content (AvgIpc) is 3.31. The van der Waals surface area contributed by atoms with Crippen molar-refractivity contribution in [2.24, 2.45) is 0 Å². The third-order valence-electron chi connectivity index (χ3n) is 6.43. The predicted octanol–water partition coefficient (Wildman–Crippen LogP) is 4.08. The van der Waals surface area contributed by atoms with Crippen LogP contribution in [-0.2, 0) is 24.2 Å². The number of fused-ring (bicyclic) bond motifs is 3. The summed E-state index contributed by atoms with van der Waals surface area (Å²) in [6.45, 7) is 4.66. The van der Waals surface area contributed by atoms with Gasteiger partial charge in [0.2, 0.25) is 11.6 Å². The molecule has 0 unspecified atom stereocenters. The Balaban J connectivity index is 1.34. The fourth-order valence-electron chi connectivity index (χ4n) is 4.51. The molecule has 170 valence electrons. The SMILES string of the molecule is CCc1ccc(CNC(=O)CCc2nnc3c(N4CCCCC4)nc4ccccc4n23)cc1. The van der Waals surface area contributed by atoms with Gasteiger partial charge in [-0.2, -0.15) is 0 Å². The van der Waals surface area contributed by atoms with Gasteiger partial charge in [0, 0.05) is 32.5 Å². The molecule has 5 rings (SSSR count). The van der Waals surface area contributed by atoms with Crippen LogP contribution in [-0.4, -0.2) is 38.6 Å². The Morgan fingerprint density at radius 3 is 2.52 bits per heavy atom. The van der Waals surface area contributed by atoms with Gasteiger partial charge in [-0.15, -0.1) is 10.2 Å². The lowest BCUT2D eigenvalue weighted by Crippen LogP contribution is -2.30. The highest BCUT2D eigenvalue weighted by molar-refractivity contribution is 5.83.